The van der Waals surface area contributed by atoms with E-state index < -0.39 is 23.2 Å². The molecule has 5 nitrogen and oxygen atoms in total. The minimum atomic E-state index is -4.97. The van der Waals surface area contributed by atoms with Gasteiger partial charge in [0.25, 0.3) is 11.7 Å². The van der Waals surface area contributed by atoms with E-state index in [4.69, 9.17) is 5.26 Å². The van der Waals surface area contributed by atoms with Crippen LogP contribution in [0.1, 0.15) is 12.6 Å². The summed E-state index contributed by atoms with van der Waals surface area (Å²) in [6, 6.07) is 6.03. The number of aromatic nitrogens is 1. The summed E-state index contributed by atoms with van der Waals surface area (Å²) in [6.07, 6.45) is -4.97. The number of H-pyrrole nitrogens is 1. The molecule has 2 heterocycles. The molecule has 0 aromatic carbocycles. The van der Waals surface area contributed by atoms with Crippen LogP contribution in [0.25, 0.3) is 0 Å². The topological polar surface area (TPSA) is 79.1 Å². The van der Waals surface area contributed by atoms with Gasteiger partial charge in [0.2, 0.25) is 0 Å². The summed E-state index contributed by atoms with van der Waals surface area (Å²) in [7, 11) is 0. The van der Waals surface area contributed by atoms with E-state index in [9.17, 15) is 18.0 Å². The van der Waals surface area contributed by atoms with Gasteiger partial charge in [-0.2, -0.15) is 18.4 Å². The quantitative estimate of drug-likeness (QED) is 0.867. The first-order chi connectivity index (χ1) is 9.72. The number of nitrogens with one attached hydrogen (secondary N) is 3. The van der Waals surface area contributed by atoms with Gasteiger partial charge < -0.3 is 5.32 Å². The van der Waals surface area contributed by atoms with Crippen LogP contribution < -0.4 is 15.6 Å². The van der Waals surface area contributed by atoms with Crippen molar-refractivity contribution in [1.82, 2.24) is 5.32 Å². The lowest BCUT2D eigenvalue weighted by molar-refractivity contribution is -0.372. The maximum Gasteiger partial charge on any atom is 0.446 e. The Labute approximate surface area is 118 Å². The normalized spacial score (nSPS) is 22.0. The molecule has 1 aliphatic rings. The molecule has 0 radical (unpaired) electrons. The number of aryl methyl sites for hydroxylation is 1. The Balaban J connectivity index is 2.60. The number of carbonyl (C=O) groups excluding carboxylic acids is 1. The van der Waals surface area contributed by atoms with Crippen molar-refractivity contribution in [3.63, 3.8) is 0 Å². The predicted octanol–water partition coefficient (Wildman–Crippen LogP) is 1.45. The second-order valence-corrected chi connectivity index (χ2v) is 4.69. The third-order valence-electron chi connectivity index (χ3n) is 3.19. The van der Waals surface area contributed by atoms with Gasteiger partial charge in [0, 0.05) is 11.8 Å². The van der Waals surface area contributed by atoms with E-state index in [2.05, 4.69) is 15.6 Å². The molecule has 0 bridgehead atoms. The number of nitrogens with zero attached hydrogens (tertiary/aromatic N) is 1. The van der Waals surface area contributed by atoms with E-state index in [-0.39, 0.29) is 11.5 Å². The first-order valence-corrected chi connectivity index (χ1v) is 5.99. The second kappa shape index (κ2) is 4.77. The molecule has 0 saturated carbocycles. The maximum absolute atomic E-state index is 13.5. The number of hydrogen-bond donors (Lipinski definition) is 2. The highest BCUT2D eigenvalue weighted by Gasteiger charge is 2.70. The SMILES string of the molecule is CC1=C(C#N)[C@](Nc2cccc(C)[nH+]2)(C(F)(F)F)C(=O)N1. The average Bonchev–Trinajstić information content (AvgIpc) is 2.60. The third kappa shape index (κ3) is 2.20. The minimum absolute atomic E-state index is 0.00933. The molecule has 21 heavy (non-hydrogen) atoms. The standard InChI is InChI=1S/C13H11F3N4O/c1-7-4-3-5-10(18-7)20-12(13(14,15)16)9(6-17)8(2)19-11(12)21/h3-5H,1-2H3,(H,18,20)(H,19,21)/p+1/t12-/m1/s1. The molecular formula is C13H12F3N4O+. The molecule has 0 unspecified atom stereocenters. The van der Waals surface area contributed by atoms with Crippen molar-refractivity contribution in [2.75, 3.05) is 5.32 Å². The van der Waals surface area contributed by atoms with Crippen molar-refractivity contribution >= 4 is 11.7 Å². The summed E-state index contributed by atoms with van der Waals surface area (Å²) < 4.78 is 40.6. The number of allylic oxidation sites excluding steroid dienone is 1. The molecule has 1 aromatic heterocycles. The van der Waals surface area contributed by atoms with E-state index in [1.54, 1.807) is 13.0 Å². The highest BCUT2D eigenvalue weighted by molar-refractivity contribution is 5.99. The number of alkyl halides is 3. The van der Waals surface area contributed by atoms with Crippen LogP contribution in [0.4, 0.5) is 19.0 Å². The van der Waals surface area contributed by atoms with Gasteiger partial charge in [0.1, 0.15) is 11.6 Å². The van der Waals surface area contributed by atoms with E-state index in [0.29, 0.717) is 5.69 Å². The lowest BCUT2D eigenvalue weighted by Crippen LogP contribution is -2.59. The molecule has 1 amide bonds. The molecule has 0 spiro atoms. The van der Waals surface area contributed by atoms with Crippen molar-refractivity contribution in [3.8, 4) is 6.07 Å². The Morgan fingerprint density at radius 1 is 1.38 bits per heavy atom. The highest BCUT2D eigenvalue weighted by Crippen LogP contribution is 2.42. The van der Waals surface area contributed by atoms with Crippen LogP contribution in [0, 0.1) is 18.3 Å². The number of aromatic amines is 1. The Bertz CT molecular complexity index is 675. The largest absolute Gasteiger partial charge is 0.446 e. The fourth-order valence-electron chi connectivity index (χ4n) is 2.21. The zero-order valence-electron chi connectivity index (χ0n) is 11.2. The first kappa shape index (κ1) is 14.8. The van der Waals surface area contributed by atoms with Gasteiger partial charge in [0.15, 0.2) is 0 Å². The van der Waals surface area contributed by atoms with Crippen LogP contribution in [0.15, 0.2) is 29.5 Å². The number of pyridine rings is 1. The fourth-order valence-corrected chi connectivity index (χ4v) is 2.21. The van der Waals surface area contributed by atoms with Gasteiger partial charge in [-0.25, -0.2) is 10.3 Å². The lowest BCUT2D eigenvalue weighted by Gasteiger charge is -2.26. The summed E-state index contributed by atoms with van der Waals surface area (Å²) >= 11 is 0. The molecule has 0 saturated heterocycles. The van der Waals surface area contributed by atoms with Gasteiger partial charge in [0.05, 0.1) is 5.69 Å². The summed E-state index contributed by atoms with van der Waals surface area (Å²) in [6.45, 7) is 2.91. The van der Waals surface area contributed by atoms with Gasteiger partial charge in [-0.15, -0.1) is 0 Å². The highest BCUT2D eigenvalue weighted by atomic mass is 19.4. The predicted molar refractivity (Wildman–Crippen MR) is 66.6 cm³/mol. The Morgan fingerprint density at radius 3 is 2.57 bits per heavy atom. The second-order valence-electron chi connectivity index (χ2n) is 4.69. The molecule has 0 fully saturated rings. The van der Waals surface area contributed by atoms with Gasteiger partial charge in [-0.1, -0.05) is 6.07 Å². The van der Waals surface area contributed by atoms with Crippen LogP contribution in [0.2, 0.25) is 0 Å². The van der Waals surface area contributed by atoms with Crippen LogP contribution in [-0.2, 0) is 4.79 Å². The smallest absolute Gasteiger partial charge is 0.324 e. The van der Waals surface area contributed by atoms with Crippen molar-refractivity contribution in [2.45, 2.75) is 25.6 Å². The molecule has 3 N–H and O–H groups in total. The van der Waals surface area contributed by atoms with Crippen LogP contribution in [-0.4, -0.2) is 17.6 Å². The molecule has 2 rings (SSSR count). The number of hydrogen-bond acceptors (Lipinski definition) is 3. The van der Waals surface area contributed by atoms with Crippen molar-refractivity contribution in [3.05, 3.63) is 35.2 Å². The van der Waals surface area contributed by atoms with E-state index in [1.807, 2.05) is 0 Å². The molecule has 1 aliphatic heterocycles. The summed E-state index contributed by atoms with van der Waals surface area (Å²) in [5, 5.41) is 13.3. The zero-order valence-corrected chi connectivity index (χ0v) is 11.2. The number of nitriles is 1. The van der Waals surface area contributed by atoms with Crippen LogP contribution in [0.5, 0.6) is 0 Å². The third-order valence-corrected chi connectivity index (χ3v) is 3.19. The molecule has 8 heteroatoms. The Morgan fingerprint density at radius 2 is 2.05 bits per heavy atom. The number of anilines is 1. The molecule has 110 valence electrons. The summed E-state index contributed by atoms with van der Waals surface area (Å²) in [4.78, 5) is 14.6. The van der Waals surface area contributed by atoms with Crippen molar-refractivity contribution in [1.29, 1.82) is 5.26 Å². The van der Waals surface area contributed by atoms with Gasteiger partial charge in [-0.05, 0) is 19.9 Å². The first-order valence-electron chi connectivity index (χ1n) is 5.99. The summed E-state index contributed by atoms with van der Waals surface area (Å²) in [5.41, 5.74) is -3.28. The number of halogens is 3. The average molecular weight is 297 g/mol. The number of rotatable bonds is 2. The fraction of sp³-hybridized carbons (Fsp3) is 0.308. The molecule has 1 atom stereocenters. The van der Waals surface area contributed by atoms with Crippen LogP contribution in [0.3, 0.4) is 0 Å². The van der Waals surface area contributed by atoms with Crippen molar-refractivity contribution < 1.29 is 22.9 Å². The molecule has 0 aliphatic carbocycles. The van der Waals surface area contributed by atoms with Gasteiger partial charge >= 0.3 is 11.7 Å². The Kier molecular flexibility index (Phi) is 3.37. The number of carbonyl (C=O) groups is 1. The zero-order chi connectivity index (χ0) is 15.8. The van der Waals surface area contributed by atoms with E-state index in [1.165, 1.54) is 25.1 Å². The maximum atomic E-state index is 13.5. The Hall–Kier alpha value is -2.56. The monoisotopic (exact) mass is 297 g/mol. The molecular weight excluding hydrogens is 285 g/mol. The van der Waals surface area contributed by atoms with Gasteiger partial charge in [-0.3, -0.25) is 4.79 Å². The van der Waals surface area contributed by atoms with Crippen molar-refractivity contribution in [2.24, 2.45) is 0 Å². The molecule has 1 aromatic rings. The van der Waals surface area contributed by atoms with E-state index in [0.717, 1.165) is 0 Å². The lowest BCUT2D eigenvalue weighted by atomic mass is 9.90. The van der Waals surface area contributed by atoms with E-state index >= 15 is 0 Å². The van der Waals surface area contributed by atoms with Crippen LogP contribution >= 0.6 is 0 Å². The summed E-state index contributed by atoms with van der Waals surface area (Å²) in [5.74, 6) is -1.33. The minimum Gasteiger partial charge on any atom is -0.324 e. The number of amides is 1.